The minimum absolute atomic E-state index is 0.0301. The molecule has 1 aliphatic rings. The van der Waals surface area contributed by atoms with Gasteiger partial charge in [-0.3, -0.25) is 10.1 Å². The maximum Gasteiger partial charge on any atom is 0.338 e. The average Bonchev–Trinajstić information content (AvgIpc) is 2.37. The van der Waals surface area contributed by atoms with Gasteiger partial charge in [0, 0.05) is 37.8 Å². The number of halogens is 1. The van der Waals surface area contributed by atoms with Gasteiger partial charge in [0.2, 0.25) is 0 Å². The lowest BCUT2D eigenvalue weighted by Gasteiger charge is -2.39. The maximum atomic E-state index is 13.9. The van der Waals surface area contributed by atoms with Gasteiger partial charge in [0.1, 0.15) is 17.1 Å². The number of rotatable bonds is 3. The molecule has 0 aromatic heterocycles. The Balaban J connectivity index is 2.50. The summed E-state index contributed by atoms with van der Waals surface area (Å²) in [6, 6.07) is 1.71. The molecular weight excluding hydrogens is 281 g/mol. The molecule has 1 aromatic carbocycles. The first kappa shape index (κ1) is 15.2. The number of carboxylic acid groups (broad SMARTS) is 1. The van der Waals surface area contributed by atoms with Gasteiger partial charge in [-0.05, 0) is 14.0 Å². The Kier molecular flexibility index (Phi) is 4.08. The van der Waals surface area contributed by atoms with E-state index in [-0.39, 0.29) is 17.4 Å². The van der Waals surface area contributed by atoms with Crippen LogP contribution in [0.25, 0.3) is 0 Å². The monoisotopic (exact) mass is 297 g/mol. The average molecular weight is 297 g/mol. The van der Waals surface area contributed by atoms with Gasteiger partial charge in [-0.2, -0.15) is 0 Å². The summed E-state index contributed by atoms with van der Waals surface area (Å²) < 4.78 is 13.9. The molecular formula is C13H16FN3O4. The van der Waals surface area contributed by atoms with E-state index < -0.39 is 22.3 Å². The van der Waals surface area contributed by atoms with Crippen LogP contribution in [0, 0.1) is 15.9 Å². The number of carboxylic acids is 1. The van der Waals surface area contributed by atoms with Crippen molar-refractivity contribution >= 4 is 17.3 Å². The summed E-state index contributed by atoms with van der Waals surface area (Å²) in [6.07, 6.45) is 0. The second-order valence-corrected chi connectivity index (χ2v) is 5.19. The fourth-order valence-electron chi connectivity index (χ4n) is 2.59. The molecule has 0 aliphatic carbocycles. The number of piperazine rings is 1. The minimum Gasteiger partial charge on any atom is -0.478 e. The zero-order chi connectivity index (χ0) is 15.7. The number of aromatic carboxylic acids is 1. The molecule has 0 radical (unpaired) electrons. The number of nitro benzene ring substituents is 1. The maximum absolute atomic E-state index is 13.9. The highest BCUT2D eigenvalue weighted by atomic mass is 19.1. The van der Waals surface area contributed by atoms with Crippen molar-refractivity contribution < 1.29 is 19.2 Å². The van der Waals surface area contributed by atoms with Gasteiger partial charge in [0.25, 0.3) is 5.69 Å². The lowest BCUT2D eigenvalue weighted by molar-refractivity contribution is -0.384. The van der Waals surface area contributed by atoms with Crippen LogP contribution < -0.4 is 4.90 Å². The molecule has 1 heterocycles. The first-order valence-corrected chi connectivity index (χ1v) is 6.47. The third-order valence-electron chi connectivity index (χ3n) is 3.63. The van der Waals surface area contributed by atoms with Crippen molar-refractivity contribution in [3.8, 4) is 0 Å². The van der Waals surface area contributed by atoms with Crippen molar-refractivity contribution in [1.29, 1.82) is 0 Å². The Hall–Kier alpha value is -2.22. The Morgan fingerprint density at radius 2 is 2.14 bits per heavy atom. The second-order valence-electron chi connectivity index (χ2n) is 5.19. The minimum atomic E-state index is -1.52. The van der Waals surface area contributed by atoms with Gasteiger partial charge in [-0.1, -0.05) is 0 Å². The molecule has 0 spiro atoms. The summed E-state index contributed by atoms with van der Waals surface area (Å²) in [4.78, 5) is 25.2. The molecule has 8 heteroatoms. The van der Waals surface area contributed by atoms with Gasteiger partial charge >= 0.3 is 5.97 Å². The van der Waals surface area contributed by atoms with Crippen LogP contribution >= 0.6 is 0 Å². The van der Waals surface area contributed by atoms with E-state index in [1.165, 1.54) is 0 Å². The highest BCUT2D eigenvalue weighted by Gasteiger charge is 2.30. The molecule has 1 N–H and O–H groups in total. The highest BCUT2D eigenvalue weighted by molar-refractivity contribution is 5.90. The number of hydrogen-bond donors (Lipinski definition) is 1. The van der Waals surface area contributed by atoms with Crippen LogP contribution in [-0.2, 0) is 0 Å². The lowest BCUT2D eigenvalue weighted by Crippen LogP contribution is -2.50. The molecule has 1 aliphatic heterocycles. The first-order valence-electron chi connectivity index (χ1n) is 6.47. The van der Waals surface area contributed by atoms with E-state index in [0.717, 1.165) is 12.1 Å². The molecule has 1 aromatic rings. The fourth-order valence-corrected chi connectivity index (χ4v) is 2.59. The Bertz CT molecular complexity index is 593. The largest absolute Gasteiger partial charge is 0.478 e. The molecule has 114 valence electrons. The number of hydrogen-bond acceptors (Lipinski definition) is 5. The summed E-state index contributed by atoms with van der Waals surface area (Å²) in [7, 11) is 1.94. The summed E-state index contributed by atoms with van der Waals surface area (Å²) in [5.74, 6) is -2.48. The van der Waals surface area contributed by atoms with Crippen LogP contribution in [0.2, 0.25) is 0 Å². The van der Waals surface area contributed by atoms with E-state index in [2.05, 4.69) is 4.90 Å². The van der Waals surface area contributed by atoms with E-state index in [1.54, 1.807) is 4.90 Å². The molecule has 0 saturated carbocycles. The summed E-state index contributed by atoms with van der Waals surface area (Å²) in [6.45, 7) is 3.80. The van der Waals surface area contributed by atoms with E-state index in [0.29, 0.717) is 19.6 Å². The molecule has 1 atom stereocenters. The number of nitrogens with zero attached hydrogens (tertiary/aromatic N) is 3. The zero-order valence-electron chi connectivity index (χ0n) is 11.7. The second kappa shape index (κ2) is 5.65. The smallest absolute Gasteiger partial charge is 0.338 e. The van der Waals surface area contributed by atoms with Crippen molar-refractivity contribution in [2.24, 2.45) is 0 Å². The Morgan fingerprint density at radius 3 is 2.67 bits per heavy atom. The SMILES string of the molecule is CC1CN(C)CCN1c1cc(F)c(C(=O)O)cc1[N+](=O)[O-]. The third-order valence-corrected chi connectivity index (χ3v) is 3.63. The molecule has 0 amide bonds. The molecule has 1 fully saturated rings. The van der Waals surface area contributed by atoms with Crippen LogP contribution in [0.3, 0.4) is 0 Å². The molecule has 2 rings (SSSR count). The number of anilines is 1. The summed E-state index contributed by atoms with van der Waals surface area (Å²) in [5, 5.41) is 20.1. The van der Waals surface area contributed by atoms with Crippen LogP contribution in [0.4, 0.5) is 15.8 Å². The quantitative estimate of drug-likeness (QED) is 0.673. The Labute approximate surface area is 120 Å². The number of benzene rings is 1. The van der Waals surface area contributed by atoms with Crippen molar-refractivity contribution in [3.05, 3.63) is 33.6 Å². The third kappa shape index (κ3) is 2.94. The normalized spacial score (nSPS) is 19.6. The zero-order valence-corrected chi connectivity index (χ0v) is 11.7. The topological polar surface area (TPSA) is 86.9 Å². The number of nitro groups is 1. The van der Waals surface area contributed by atoms with Gasteiger partial charge < -0.3 is 14.9 Å². The van der Waals surface area contributed by atoms with Crippen molar-refractivity contribution in [1.82, 2.24) is 4.90 Å². The molecule has 1 unspecified atom stereocenters. The van der Waals surface area contributed by atoms with Crippen LogP contribution in [-0.4, -0.2) is 53.6 Å². The van der Waals surface area contributed by atoms with Crippen molar-refractivity contribution in [3.63, 3.8) is 0 Å². The number of likely N-dealkylation sites (N-methyl/N-ethyl adjacent to an activating group) is 1. The molecule has 7 nitrogen and oxygen atoms in total. The van der Waals surface area contributed by atoms with E-state index >= 15 is 0 Å². The standard InChI is InChI=1S/C13H16FN3O4/c1-8-7-15(2)3-4-16(8)11-6-10(14)9(13(18)19)5-12(11)17(20)21/h5-6,8H,3-4,7H2,1-2H3,(H,18,19). The summed E-state index contributed by atoms with van der Waals surface area (Å²) in [5.41, 5.74) is -0.944. The van der Waals surface area contributed by atoms with E-state index in [9.17, 15) is 19.3 Å². The first-order chi connectivity index (χ1) is 9.81. The highest BCUT2D eigenvalue weighted by Crippen LogP contribution is 2.33. The van der Waals surface area contributed by atoms with Gasteiger partial charge in [0.15, 0.2) is 0 Å². The number of carbonyl (C=O) groups is 1. The van der Waals surface area contributed by atoms with E-state index in [4.69, 9.17) is 5.11 Å². The molecule has 0 bridgehead atoms. The van der Waals surface area contributed by atoms with Crippen LogP contribution in [0.5, 0.6) is 0 Å². The van der Waals surface area contributed by atoms with Gasteiger partial charge in [-0.25, -0.2) is 9.18 Å². The predicted octanol–water partition coefficient (Wildman–Crippen LogP) is 1.57. The van der Waals surface area contributed by atoms with Gasteiger partial charge in [0.05, 0.1) is 4.92 Å². The fraction of sp³-hybridized carbons (Fsp3) is 0.462. The molecule has 21 heavy (non-hydrogen) atoms. The van der Waals surface area contributed by atoms with Crippen LogP contribution in [0.15, 0.2) is 12.1 Å². The van der Waals surface area contributed by atoms with Crippen molar-refractivity contribution in [2.45, 2.75) is 13.0 Å². The Morgan fingerprint density at radius 1 is 1.48 bits per heavy atom. The van der Waals surface area contributed by atoms with Crippen LogP contribution in [0.1, 0.15) is 17.3 Å². The van der Waals surface area contributed by atoms with Gasteiger partial charge in [-0.15, -0.1) is 0 Å². The lowest BCUT2D eigenvalue weighted by atomic mass is 10.1. The summed E-state index contributed by atoms with van der Waals surface area (Å²) >= 11 is 0. The molecule has 1 saturated heterocycles. The predicted molar refractivity (Wildman–Crippen MR) is 74.3 cm³/mol. The van der Waals surface area contributed by atoms with Crippen molar-refractivity contribution in [2.75, 3.05) is 31.6 Å². The van der Waals surface area contributed by atoms with E-state index in [1.807, 2.05) is 14.0 Å².